The zero-order chi connectivity index (χ0) is 10.9. The van der Waals surface area contributed by atoms with Crippen LogP contribution in [0.5, 0.6) is 0 Å². The van der Waals surface area contributed by atoms with Crippen LogP contribution in [-0.2, 0) is 4.74 Å². The first-order chi connectivity index (χ1) is 6.40. The third kappa shape index (κ3) is 2.16. The minimum atomic E-state index is -2.65. The van der Waals surface area contributed by atoms with Crippen LogP contribution in [-0.4, -0.2) is 62.8 Å². The van der Waals surface area contributed by atoms with E-state index in [1.54, 1.807) is 0 Å². The minimum absolute atomic E-state index is 0.0356. The lowest BCUT2D eigenvalue weighted by molar-refractivity contribution is -0.283. The summed E-state index contributed by atoms with van der Waals surface area (Å²) in [4.78, 5) is 0. The van der Waals surface area contributed by atoms with E-state index in [0.29, 0.717) is 0 Å². The molecule has 1 aliphatic rings. The van der Waals surface area contributed by atoms with Gasteiger partial charge in [-0.2, -0.15) is 0 Å². The Labute approximate surface area is 76.4 Å². The van der Waals surface area contributed by atoms with Crippen LogP contribution in [0.3, 0.4) is 0 Å². The van der Waals surface area contributed by atoms with Gasteiger partial charge in [0.25, 0.3) is 0 Å². The summed E-state index contributed by atoms with van der Waals surface area (Å²) in [6, 6.07) is 0. The van der Waals surface area contributed by atoms with Gasteiger partial charge in [-0.15, -0.1) is 0 Å². The van der Waals surface area contributed by atoms with Gasteiger partial charge in [0.15, 0.2) is 6.27 Å². The van der Waals surface area contributed by atoms with E-state index in [-0.39, 0.29) is 13.0 Å². The fourth-order valence-electron chi connectivity index (χ4n) is 1.20. The van der Waals surface area contributed by atoms with Gasteiger partial charge in [-0.25, -0.2) is 0 Å². The van der Waals surface area contributed by atoms with Gasteiger partial charge < -0.3 is 30.3 Å². The highest BCUT2D eigenvalue weighted by Crippen LogP contribution is 2.21. The molecule has 6 heteroatoms. The summed E-state index contributed by atoms with van der Waals surface area (Å²) >= 11 is 0. The van der Waals surface area contributed by atoms with Crippen LogP contribution < -0.4 is 0 Å². The molecule has 1 heterocycles. The van der Waals surface area contributed by atoms with Crippen molar-refractivity contribution in [2.24, 2.45) is 0 Å². The minimum Gasteiger partial charge on any atom is -0.396 e. The molecule has 5 N–H and O–H groups in total. The molecule has 0 saturated carbocycles. The van der Waals surface area contributed by atoms with Crippen molar-refractivity contribution in [3.8, 4) is 0 Å². The van der Waals surface area contributed by atoms with Crippen LogP contribution in [0.1, 0.15) is 7.79 Å². The lowest BCUT2D eigenvalue weighted by Gasteiger charge is -2.38. The zero-order valence-electron chi connectivity index (χ0n) is 7.87. The first kappa shape index (κ1) is 9.32. The number of hydrogen-bond donors (Lipinski definition) is 5. The fourth-order valence-corrected chi connectivity index (χ4v) is 1.20. The Morgan fingerprint density at radius 2 is 1.69 bits per heavy atom. The molecular formula is C7H14O6. The van der Waals surface area contributed by atoms with Gasteiger partial charge in [0, 0.05) is 6.61 Å². The van der Waals surface area contributed by atoms with Crippen molar-refractivity contribution in [2.45, 2.75) is 37.1 Å². The SMILES string of the molecule is [2H][C@@]1(O)O[C@H](CCO)[C@H](O)[C@@H](O)[C@@H]1O. The molecule has 0 radical (unpaired) electrons. The maximum absolute atomic E-state index is 9.33. The molecule has 1 saturated heterocycles. The quantitative estimate of drug-likeness (QED) is 0.325. The highest BCUT2D eigenvalue weighted by Gasteiger charge is 2.42. The second-order valence-electron chi connectivity index (χ2n) is 2.93. The zero-order valence-corrected chi connectivity index (χ0v) is 6.87. The lowest BCUT2D eigenvalue weighted by atomic mass is 9.97. The van der Waals surface area contributed by atoms with Crippen molar-refractivity contribution in [3.05, 3.63) is 0 Å². The summed E-state index contributed by atoms with van der Waals surface area (Å²) in [6.07, 6.45) is -8.75. The molecular weight excluding hydrogens is 180 g/mol. The van der Waals surface area contributed by atoms with Crippen molar-refractivity contribution in [3.63, 3.8) is 0 Å². The van der Waals surface area contributed by atoms with E-state index in [0.717, 1.165) is 0 Å². The monoisotopic (exact) mass is 195 g/mol. The van der Waals surface area contributed by atoms with E-state index in [1.165, 1.54) is 0 Å². The van der Waals surface area contributed by atoms with E-state index in [1.807, 2.05) is 0 Å². The summed E-state index contributed by atoms with van der Waals surface area (Å²) in [5, 5.41) is 45.4. The van der Waals surface area contributed by atoms with Gasteiger partial charge in [0.1, 0.15) is 18.3 Å². The van der Waals surface area contributed by atoms with E-state index in [4.69, 9.17) is 16.7 Å². The predicted octanol–water partition coefficient (Wildman–Crippen LogP) is -2.83. The molecule has 1 aliphatic heterocycles. The first-order valence-electron chi connectivity index (χ1n) is 4.45. The van der Waals surface area contributed by atoms with Crippen molar-refractivity contribution in [1.82, 2.24) is 0 Å². The Morgan fingerprint density at radius 1 is 1.08 bits per heavy atom. The lowest BCUT2D eigenvalue weighted by Crippen LogP contribution is -2.57. The van der Waals surface area contributed by atoms with E-state index < -0.39 is 30.7 Å². The van der Waals surface area contributed by atoms with Gasteiger partial charge in [0.05, 0.1) is 7.47 Å². The molecule has 0 aromatic carbocycles. The smallest absolute Gasteiger partial charge is 0.183 e. The van der Waals surface area contributed by atoms with Crippen LogP contribution in [0, 0.1) is 0 Å². The maximum Gasteiger partial charge on any atom is 0.183 e. The summed E-state index contributed by atoms with van der Waals surface area (Å²) < 4.78 is 11.7. The molecule has 0 amide bonds. The standard InChI is InChI=1S/C7H14O6/c8-2-1-3-4(9)5(10)6(11)7(12)13-3/h3-12H,1-2H2/t3-,4+,5-,6+,7-/m1/s1/i7D. The predicted molar refractivity (Wildman–Crippen MR) is 40.6 cm³/mol. The number of hydrogen-bond acceptors (Lipinski definition) is 6. The van der Waals surface area contributed by atoms with Crippen molar-refractivity contribution in [1.29, 1.82) is 0 Å². The Morgan fingerprint density at radius 3 is 2.23 bits per heavy atom. The molecule has 0 bridgehead atoms. The maximum atomic E-state index is 9.33. The average Bonchev–Trinajstić information content (AvgIpc) is 2.11. The van der Waals surface area contributed by atoms with Gasteiger partial charge >= 0.3 is 0 Å². The molecule has 78 valence electrons. The summed E-state index contributed by atoms with van der Waals surface area (Å²) in [5.41, 5.74) is 0. The molecule has 0 aromatic heterocycles. The number of aliphatic hydroxyl groups excluding tert-OH is 4. The topological polar surface area (TPSA) is 110 Å². The molecule has 6 nitrogen and oxygen atoms in total. The number of rotatable bonds is 2. The van der Waals surface area contributed by atoms with Gasteiger partial charge in [-0.05, 0) is 6.42 Å². The van der Waals surface area contributed by atoms with E-state index >= 15 is 0 Å². The fraction of sp³-hybridized carbons (Fsp3) is 1.00. The molecule has 0 aromatic rings. The van der Waals surface area contributed by atoms with Crippen LogP contribution in [0.15, 0.2) is 0 Å². The average molecular weight is 195 g/mol. The highest BCUT2D eigenvalue weighted by atomic mass is 16.6. The van der Waals surface area contributed by atoms with Crippen molar-refractivity contribution in [2.75, 3.05) is 6.61 Å². The third-order valence-corrected chi connectivity index (χ3v) is 1.99. The van der Waals surface area contributed by atoms with E-state index in [9.17, 15) is 10.2 Å². The van der Waals surface area contributed by atoms with Gasteiger partial charge in [-0.1, -0.05) is 0 Å². The number of aliphatic hydroxyl groups is 5. The molecule has 1 fully saturated rings. The van der Waals surface area contributed by atoms with Crippen LogP contribution >= 0.6 is 0 Å². The van der Waals surface area contributed by atoms with Gasteiger partial charge in [0.2, 0.25) is 0 Å². The first-order valence-corrected chi connectivity index (χ1v) is 3.95. The molecule has 13 heavy (non-hydrogen) atoms. The van der Waals surface area contributed by atoms with Crippen LogP contribution in [0.4, 0.5) is 0 Å². The third-order valence-electron chi connectivity index (χ3n) is 1.99. The van der Waals surface area contributed by atoms with Crippen molar-refractivity contribution < 1.29 is 31.6 Å². The van der Waals surface area contributed by atoms with Crippen LogP contribution in [0.25, 0.3) is 0 Å². The molecule has 0 unspecified atom stereocenters. The Hall–Kier alpha value is -0.240. The summed E-state index contributed by atoms with van der Waals surface area (Å²) in [5.74, 6) is 0. The Bertz CT molecular complexity index is 199. The normalized spacial score (nSPS) is 53.2. The van der Waals surface area contributed by atoms with Crippen molar-refractivity contribution >= 4 is 0 Å². The molecule has 5 atom stereocenters. The second-order valence-corrected chi connectivity index (χ2v) is 2.93. The summed E-state index contributed by atoms with van der Waals surface area (Å²) in [7, 11) is 0. The Kier molecular flexibility index (Phi) is 3.09. The number of ether oxygens (including phenoxy) is 1. The van der Waals surface area contributed by atoms with Crippen LogP contribution in [0.2, 0.25) is 0 Å². The molecule has 1 rings (SSSR count). The largest absolute Gasteiger partial charge is 0.396 e. The second kappa shape index (κ2) is 4.32. The summed E-state index contributed by atoms with van der Waals surface area (Å²) in [6.45, 7) is -0.319. The van der Waals surface area contributed by atoms with Gasteiger partial charge in [-0.3, -0.25) is 0 Å². The molecule has 0 aliphatic carbocycles. The van der Waals surface area contributed by atoms with E-state index in [2.05, 4.69) is 4.74 Å². The Balaban J connectivity index is 2.74. The molecule has 0 spiro atoms. The highest BCUT2D eigenvalue weighted by molar-refractivity contribution is 4.88.